The van der Waals surface area contributed by atoms with E-state index in [2.05, 4.69) is 42.0 Å². The van der Waals surface area contributed by atoms with Gasteiger partial charge in [-0.25, -0.2) is 4.98 Å². The highest BCUT2D eigenvalue weighted by Crippen LogP contribution is 2.23. The molecule has 3 heteroatoms. The van der Waals surface area contributed by atoms with Gasteiger partial charge in [-0.15, -0.1) is 0 Å². The Hall–Kier alpha value is -1.61. The fourth-order valence-corrected chi connectivity index (χ4v) is 1.79. The van der Waals surface area contributed by atoms with Crippen molar-refractivity contribution in [1.82, 2.24) is 9.97 Å². The number of aromatic amines is 1. The number of imidazole rings is 1. The van der Waals surface area contributed by atoms with Crippen molar-refractivity contribution in [2.24, 2.45) is 5.73 Å². The summed E-state index contributed by atoms with van der Waals surface area (Å²) in [4.78, 5) is 7.68. The van der Waals surface area contributed by atoms with Crippen molar-refractivity contribution >= 4 is 0 Å². The van der Waals surface area contributed by atoms with E-state index in [-0.39, 0.29) is 0 Å². The van der Waals surface area contributed by atoms with Crippen LogP contribution in [0.1, 0.15) is 22.6 Å². The summed E-state index contributed by atoms with van der Waals surface area (Å²) >= 11 is 0. The molecule has 1 aromatic carbocycles. The second-order valence-corrected chi connectivity index (χ2v) is 4.16. The molecule has 0 aliphatic heterocycles. The monoisotopic (exact) mass is 215 g/mol. The summed E-state index contributed by atoms with van der Waals surface area (Å²) in [7, 11) is 0. The Bertz CT molecular complexity index is 512. The van der Waals surface area contributed by atoms with Gasteiger partial charge in [0.25, 0.3) is 0 Å². The molecule has 2 rings (SSSR count). The molecule has 1 heterocycles. The summed E-state index contributed by atoms with van der Waals surface area (Å²) in [5.74, 6) is 0.839. The molecule has 2 aromatic rings. The molecule has 0 aliphatic carbocycles. The lowest BCUT2D eigenvalue weighted by Crippen LogP contribution is -1.97. The molecule has 0 atom stereocenters. The fraction of sp³-hybridized carbons (Fsp3) is 0.308. The van der Waals surface area contributed by atoms with Gasteiger partial charge in [-0.2, -0.15) is 0 Å². The standard InChI is InChI=1S/C13H17N3/c1-8-4-5-11(6-9(8)2)13-10(3)15-12(7-14)16-13/h4-6H,7,14H2,1-3H3,(H,15,16). The first kappa shape index (κ1) is 10.9. The van der Waals surface area contributed by atoms with Gasteiger partial charge in [0, 0.05) is 11.3 Å². The molecule has 0 unspecified atom stereocenters. The SMILES string of the molecule is Cc1ccc(-c2nc(CN)[nH]c2C)cc1C. The molecule has 1 aromatic heterocycles. The van der Waals surface area contributed by atoms with Crippen LogP contribution in [0.25, 0.3) is 11.3 Å². The van der Waals surface area contributed by atoms with E-state index < -0.39 is 0 Å². The maximum absolute atomic E-state index is 5.57. The van der Waals surface area contributed by atoms with Crippen LogP contribution < -0.4 is 5.73 Å². The van der Waals surface area contributed by atoms with Crippen LogP contribution >= 0.6 is 0 Å². The minimum absolute atomic E-state index is 0.450. The molecule has 3 N–H and O–H groups in total. The first-order chi connectivity index (χ1) is 7.61. The van der Waals surface area contributed by atoms with Gasteiger partial charge >= 0.3 is 0 Å². The Balaban J connectivity index is 2.49. The van der Waals surface area contributed by atoms with Gasteiger partial charge < -0.3 is 10.7 Å². The van der Waals surface area contributed by atoms with Crippen LogP contribution in [0.4, 0.5) is 0 Å². The Morgan fingerprint density at radius 1 is 1.19 bits per heavy atom. The van der Waals surface area contributed by atoms with Crippen molar-refractivity contribution in [3.05, 3.63) is 40.8 Å². The molecule has 0 radical (unpaired) electrons. The van der Waals surface area contributed by atoms with Crippen molar-refractivity contribution in [1.29, 1.82) is 0 Å². The zero-order valence-corrected chi connectivity index (χ0v) is 9.96. The molecule has 3 nitrogen and oxygen atoms in total. The summed E-state index contributed by atoms with van der Waals surface area (Å²) < 4.78 is 0. The molecule has 16 heavy (non-hydrogen) atoms. The van der Waals surface area contributed by atoms with E-state index >= 15 is 0 Å². The van der Waals surface area contributed by atoms with Crippen LogP contribution in [0, 0.1) is 20.8 Å². The minimum atomic E-state index is 0.450. The maximum Gasteiger partial charge on any atom is 0.120 e. The van der Waals surface area contributed by atoms with E-state index in [4.69, 9.17) is 5.73 Å². The zero-order valence-electron chi connectivity index (χ0n) is 9.96. The van der Waals surface area contributed by atoms with E-state index in [0.29, 0.717) is 6.54 Å². The van der Waals surface area contributed by atoms with E-state index in [1.54, 1.807) is 0 Å². The third-order valence-corrected chi connectivity index (χ3v) is 2.91. The number of H-pyrrole nitrogens is 1. The summed E-state index contributed by atoms with van der Waals surface area (Å²) in [6.07, 6.45) is 0. The highest BCUT2D eigenvalue weighted by atomic mass is 15.0. The highest BCUT2D eigenvalue weighted by Gasteiger charge is 2.08. The molecule has 0 fully saturated rings. The van der Waals surface area contributed by atoms with Crippen molar-refractivity contribution < 1.29 is 0 Å². The van der Waals surface area contributed by atoms with E-state index in [0.717, 1.165) is 22.8 Å². The lowest BCUT2D eigenvalue weighted by molar-refractivity contribution is 0.944. The maximum atomic E-state index is 5.57. The average Bonchev–Trinajstić information content (AvgIpc) is 2.64. The predicted molar refractivity (Wildman–Crippen MR) is 66.1 cm³/mol. The number of rotatable bonds is 2. The summed E-state index contributed by atoms with van der Waals surface area (Å²) in [5, 5.41) is 0. The Labute approximate surface area is 95.7 Å². The van der Waals surface area contributed by atoms with Crippen LogP contribution in [-0.4, -0.2) is 9.97 Å². The molecule has 0 saturated carbocycles. The Morgan fingerprint density at radius 2 is 1.94 bits per heavy atom. The fourth-order valence-electron chi connectivity index (χ4n) is 1.79. The van der Waals surface area contributed by atoms with Crippen molar-refractivity contribution in [3.63, 3.8) is 0 Å². The molecule has 0 amide bonds. The van der Waals surface area contributed by atoms with Gasteiger partial charge in [-0.3, -0.25) is 0 Å². The second-order valence-electron chi connectivity index (χ2n) is 4.16. The van der Waals surface area contributed by atoms with E-state index in [1.165, 1.54) is 11.1 Å². The van der Waals surface area contributed by atoms with Gasteiger partial charge in [-0.05, 0) is 38.0 Å². The summed E-state index contributed by atoms with van der Waals surface area (Å²) in [5.41, 5.74) is 11.4. The van der Waals surface area contributed by atoms with Gasteiger partial charge in [-0.1, -0.05) is 12.1 Å². The number of hydrogen-bond acceptors (Lipinski definition) is 2. The number of nitrogens with zero attached hydrogens (tertiary/aromatic N) is 1. The molecule has 0 saturated heterocycles. The molecule has 0 aliphatic rings. The number of aromatic nitrogens is 2. The molecule has 84 valence electrons. The van der Waals surface area contributed by atoms with Crippen LogP contribution in [0.3, 0.4) is 0 Å². The van der Waals surface area contributed by atoms with Crippen LogP contribution in [0.2, 0.25) is 0 Å². The minimum Gasteiger partial charge on any atom is -0.344 e. The zero-order chi connectivity index (χ0) is 11.7. The first-order valence-electron chi connectivity index (χ1n) is 5.45. The topological polar surface area (TPSA) is 54.7 Å². The summed E-state index contributed by atoms with van der Waals surface area (Å²) in [6, 6.07) is 6.39. The van der Waals surface area contributed by atoms with Crippen molar-refractivity contribution in [2.75, 3.05) is 0 Å². The quantitative estimate of drug-likeness (QED) is 0.808. The van der Waals surface area contributed by atoms with E-state index in [9.17, 15) is 0 Å². The van der Waals surface area contributed by atoms with Gasteiger partial charge in [0.05, 0.1) is 12.2 Å². The molecular weight excluding hydrogens is 198 g/mol. The molecular formula is C13H17N3. The first-order valence-corrected chi connectivity index (χ1v) is 5.45. The number of aryl methyl sites for hydroxylation is 3. The number of hydrogen-bond donors (Lipinski definition) is 2. The Morgan fingerprint density at radius 3 is 2.50 bits per heavy atom. The van der Waals surface area contributed by atoms with E-state index in [1.807, 2.05) is 6.92 Å². The highest BCUT2D eigenvalue weighted by molar-refractivity contribution is 5.63. The third-order valence-electron chi connectivity index (χ3n) is 2.91. The smallest absolute Gasteiger partial charge is 0.120 e. The van der Waals surface area contributed by atoms with Crippen LogP contribution in [-0.2, 0) is 6.54 Å². The molecule has 0 spiro atoms. The number of nitrogens with one attached hydrogen (secondary N) is 1. The van der Waals surface area contributed by atoms with Crippen molar-refractivity contribution in [3.8, 4) is 11.3 Å². The average molecular weight is 215 g/mol. The number of benzene rings is 1. The lowest BCUT2D eigenvalue weighted by atomic mass is 10.0. The largest absolute Gasteiger partial charge is 0.344 e. The van der Waals surface area contributed by atoms with Crippen LogP contribution in [0.5, 0.6) is 0 Å². The van der Waals surface area contributed by atoms with Gasteiger partial charge in [0.2, 0.25) is 0 Å². The third kappa shape index (κ3) is 1.86. The van der Waals surface area contributed by atoms with Gasteiger partial charge in [0.15, 0.2) is 0 Å². The molecule has 0 bridgehead atoms. The summed E-state index contributed by atoms with van der Waals surface area (Å²) in [6.45, 7) is 6.70. The Kier molecular flexibility index (Phi) is 2.79. The second kappa shape index (κ2) is 4.10. The number of nitrogens with two attached hydrogens (primary N) is 1. The van der Waals surface area contributed by atoms with Crippen molar-refractivity contribution in [2.45, 2.75) is 27.3 Å². The van der Waals surface area contributed by atoms with Gasteiger partial charge in [0.1, 0.15) is 5.82 Å². The normalized spacial score (nSPS) is 10.8. The lowest BCUT2D eigenvalue weighted by Gasteiger charge is -2.03. The van der Waals surface area contributed by atoms with Crippen LogP contribution in [0.15, 0.2) is 18.2 Å². The predicted octanol–water partition coefficient (Wildman–Crippen LogP) is 2.46.